The Morgan fingerprint density at radius 1 is 1.57 bits per heavy atom. The predicted octanol–water partition coefficient (Wildman–Crippen LogP) is 1.95. The fraction of sp³-hybridized carbons (Fsp3) is 0.0833. The Balaban J connectivity index is 2.34. The minimum Gasteiger partial charge on any atom is -0.478 e. The molecule has 2 aromatic rings. The van der Waals surface area contributed by atoms with Crippen molar-refractivity contribution >= 4 is 33.2 Å². The first-order valence-corrected chi connectivity index (χ1v) is 6.46. The van der Waals surface area contributed by atoms with E-state index < -0.39 is 5.97 Å². The molecular weight excluding hydrogens is 340 g/mol. The van der Waals surface area contributed by atoms with Crippen LogP contribution in [0.4, 0.5) is 5.69 Å². The molecule has 0 unspecified atom stereocenters. The average Bonchev–Trinajstić information content (AvgIpc) is 2.95. The zero-order valence-corrected chi connectivity index (χ0v) is 12.3. The molecule has 0 atom stereocenters. The highest BCUT2D eigenvalue weighted by atomic mass is 79.9. The number of aryl methyl sites for hydroxylation is 1. The van der Waals surface area contributed by atoms with E-state index in [0.29, 0.717) is 10.2 Å². The number of carbonyl (C=O) groups is 1. The molecule has 3 N–H and O–H groups in total. The molecule has 1 aromatic heterocycles. The number of halogens is 1. The molecule has 0 amide bonds. The molecule has 1 aromatic carbocycles. The number of hydrogen-bond donors (Lipinski definition) is 3. The summed E-state index contributed by atoms with van der Waals surface area (Å²) in [6.07, 6.45) is 1.40. The lowest BCUT2D eigenvalue weighted by Gasteiger charge is -2.09. The maximum absolute atomic E-state index is 11.1. The molecule has 0 aliphatic rings. The fourth-order valence-corrected chi connectivity index (χ4v) is 2.19. The first-order chi connectivity index (χ1) is 10.0. The second-order valence-corrected chi connectivity index (χ2v) is 4.86. The van der Waals surface area contributed by atoms with Crippen LogP contribution in [0, 0.1) is 18.3 Å². The van der Waals surface area contributed by atoms with Gasteiger partial charge in [-0.15, -0.1) is 10.2 Å². The molecule has 9 heteroatoms. The molecule has 106 valence electrons. The van der Waals surface area contributed by atoms with E-state index in [1.165, 1.54) is 12.3 Å². The number of benzene rings is 1. The molecule has 0 fully saturated rings. The quantitative estimate of drug-likeness (QED) is 0.720. The molecule has 2 rings (SSSR count). The minimum atomic E-state index is -1.05. The van der Waals surface area contributed by atoms with Gasteiger partial charge in [-0.05, 0) is 45.8 Å². The summed E-state index contributed by atoms with van der Waals surface area (Å²) in [5.74, 6) is -0.897. The number of H-pyrrole nitrogens is 1. The van der Waals surface area contributed by atoms with E-state index in [-0.39, 0.29) is 17.0 Å². The van der Waals surface area contributed by atoms with Crippen molar-refractivity contribution in [1.82, 2.24) is 20.6 Å². The van der Waals surface area contributed by atoms with E-state index in [1.807, 2.05) is 13.0 Å². The van der Waals surface area contributed by atoms with Gasteiger partial charge >= 0.3 is 5.97 Å². The van der Waals surface area contributed by atoms with Gasteiger partial charge in [0.1, 0.15) is 11.6 Å². The van der Waals surface area contributed by atoms with E-state index in [2.05, 4.69) is 41.9 Å². The lowest BCUT2D eigenvalue weighted by Crippen LogP contribution is -2.01. The Labute approximate surface area is 127 Å². The number of aromatic amines is 1. The third kappa shape index (κ3) is 3.24. The van der Waals surface area contributed by atoms with Gasteiger partial charge in [-0.3, -0.25) is 0 Å². The van der Waals surface area contributed by atoms with Crippen molar-refractivity contribution in [3.8, 4) is 6.07 Å². The molecular formula is C12H9BrN6O2. The average molecular weight is 349 g/mol. The summed E-state index contributed by atoms with van der Waals surface area (Å²) in [6, 6.07) is 5.09. The zero-order valence-electron chi connectivity index (χ0n) is 10.8. The molecule has 0 spiro atoms. The number of aromatic nitrogens is 4. The van der Waals surface area contributed by atoms with E-state index >= 15 is 0 Å². The highest BCUT2D eigenvalue weighted by Crippen LogP contribution is 2.25. The van der Waals surface area contributed by atoms with Gasteiger partial charge < -0.3 is 10.4 Å². The number of nitriles is 1. The van der Waals surface area contributed by atoms with Gasteiger partial charge in [0.2, 0.25) is 5.82 Å². The molecule has 0 saturated carbocycles. The summed E-state index contributed by atoms with van der Waals surface area (Å²) in [4.78, 5) is 11.1. The van der Waals surface area contributed by atoms with Crippen LogP contribution in [-0.2, 0) is 0 Å². The van der Waals surface area contributed by atoms with Gasteiger partial charge in [0.25, 0.3) is 0 Å². The number of nitrogens with zero attached hydrogens (tertiary/aromatic N) is 4. The monoisotopic (exact) mass is 348 g/mol. The largest absolute Gasteiger partial charge is 0.478 e. The van der Waals surface area contributed by atoms with Crippen molar-refractivity contribution < 1.29 is 9.90 Å². The van der Waals surface area contributed by atoms with E-state index in [4.69, 9.17) is 10.4 Å². The smallest absolute Gasteiger partial charge is 0.336 e. The van der Waals surface area contributed by atoms with Crippen molar-refractivity contribution in [3.63, 3.8) is 0 Å². The summed E-state index contributed by atoms with van der Waals surface area (Å²) in [5.41, 5.74) is 1.66. The van der Waals surface area contributed by atoms with Crippen molar-refractivity contribution in [2.75, 3.05) is 5.32 Å². The van der Waals surface area contributed by atoms with E-state index in [0.717, 1.165) is 5.56 Å². The summed E-state index contributed by atoms with van der Waals surface area (Å²) in [7, 11) is 0. The van der Waals surface area contributed by atoms with Crippen LogP contribution in [0.5, 0.6) is 0 Å². The predicted molar refractivity (Wildman–Crippen MR) is 77.2 cm³/mol. The second-order valence-electron chi connectivity index (χ2n) is 4.00. The topological polar surface area (TPSA) is 128 Å². The Morgan fingerprint density at radius 2 is 2.33 bits per heavy atom. The number of allylic oxidation sites excluding steroid dienone is 1. The molecule has 0 bridgehead atoms. The maximum Gasteiger partial charge on any atom is 0.336 e. The standard InChI is InChI=1S/C12H9BrN6O2/c1-6-2-9(13)8(12(20)21)3-10(6)15-5-7(4-14)11-16-18-19-17-11/h2-3,5,15H,1H3,(H,20,21)(H,16,17,18,19). The fourth-order valence-electron chi connectivity index (χ4n) is 1.56. The molecule has 0 saturated heterocycles. The van der Waals surface area contributed by atoms with E-state index in [1.54, 1.807) is 6.07 Å². The van der Waals surface area contributed by atoms with Crippen LogP contribution in [0.25, 0.3) is 5.57 Å². The molecule has 21 heavy (non-hydrogen) atoms. The van der Waals surface area contributed by atoms with E-state index in [9.17, 15) is 4.79 Å². The molecule has 0 aliphatic carbocycles. The van der Waals surface area contributed by atoms with Crippen LogP contribution in [0.3, 0.4) is 0 Å². The van der Waals surface area contributed by atoms with Crippen LogP contribution in [0.2, 0.25) is 0 Å². The van der Waals surface area contributed by atoms with Crippen LogP contribution in [0.1, 0.15) is 21.7 Å². The Kier molecular flexibility index (Phi) is 4.30. The van der Waals surface area contributed by atoms with Crippen molar-refractivity contribution in [1.29, 1.82) is 5.26 Å². The normalized spacial score (nSPS) is 11.0. The third-order valence-corrected chi connectivity index (χ3v) is 3.28. The van der Waals surface area contributed by atoms with Crippen LogP contribution >= 0.6 is 15.9 Å². The Bertz CT molecular complexity index is 748. The van der Waals surface area contributed by atoms with Crippen molar-refractivity contribution in [3.05, 3.63) is 39.8 Å². The number of hydrogen-bond acceptors (Lipinski definition) is 6. The number of aromatic carboxylic acids is 1. The molecule has 1 heterocycles. The van der Waals surface area contributed by atoms with Gasteiger partial charge in [0, 0.05) is 16.4 Å². The van der Waals surface area contributed by atoms with Gasteiger partial charge in [-0.1, -0.05) is 0 Å². The zero-order chi connectivity index (χ0) is 15.4. The minimum absolute atomic E-state index is 0.120. The number of rotatable bonds is 4. The number of carboxylic acids is 1. The second kappa shape index (κ2) is 6.15. The highest BCUT2D eigenvalue weighted by Gasteiger charge is 2.12. The first kappa shape index (κ1) is 14.7. The summed E-state index contributed by atoms with van der Waals surface area (Å²) in [6.45, 7) is 1.81. The molecule has 8 nitrogen and oxygen atoms in total. The maximum atomic E-state index is 11.1. The number of nitrogens with one attached hydrogen (secondary N) is 2. The van der Waals surface area contributed by atoms with Crippen LogP contribution in [0.15, 0.2) is 22.8 Å². The summed E-state index contributed by atoms with van der Waals surface area (Å²) in [5, 5.41) is 34.1. The first-order valence-electron chi connectivity index (χ1n) is 5.67. The van der Waals surface area contributed by atoms with Crippen LogP contribution in [-0.4, -0.2) is 31.7 Å². The lowest BCUT2D eigenvalue weighted by molar-refractivity contribution is 0.0696. The van der Waals surface area contributed by atoms with Crippen LogP contribution < -0.4 is 5.32 Å². The van der Waals surface area contributed by atoms with Gasteiger partial charge in [-0.2, -0.15) is 10.5 Å². The van der Waals surface area contributed by atoms with Crippen molar-refractivity contribution in [2.24, 2.45) is 0 Å². The molecule has 0 radical (unpaired) electrons. The van der Waals surface area contributed by atoms with Crippen molar-refractivity contribution in [2.45, 2.75) is 6.92 Å². The number of carboxylic acid groups (broad SMARTS) is 1. The van der Waals surface area contributed by atoms with Gasteiger partial charge in [0.15, 0.2) is 0 Å². The highest BCUT2D eigenvalue weighted by molar-refractivity contribution is 9.10. The number of tetrazole rings is 1. The van der Waals surface area contributed by atoms with Gasteiger partial charge in [0.05, 0.1) is 5.56 Å². The summed E-state index contributed by atoms with van der Waals surface area (Å²) < 4.78 is 0.487. The lowest BCUT2D eigenvalue weighted by atomic mass is 10.1. The number of anilines is 1. The summed E-state index contributed by atoms with van der Waals surface area (Å²) >= 11 is 3.20. The SMILES string of the molecule is Cc1cc(Br)c(C(=O)O)cc1NC=C(C#N)c1nn[nH]n1. The van der Waals surface area contributed by atoms with Gasteiger partial charge in [-0.25, -0.2) is 4.79 Å². The Morgan fingerprint density at radius 3 is 2.90 bits per heavy atom. The third-order valence-electron chi connectivity index (χ3n) is 2.62. The Hall–Kier alpha value is -2.73. The molecule has 0 aliphatic heterocycles.